The van der Waals surface area contributed by atoms with E-state index in [2.05, 4.69) is 25.8 Å². The van der Waals surface area contributed by atoms with Crippen LogP contribution >= 0.6 is 0 Å². The van der Waals surface area contributed by atoms with Gasteiger partial charge in [0.15, 0.2) is 0 Å². The second-order valence-corrected chi connectivity index (χ2v) is 4.85. The zero-order valence-corrected chi connectivity index (χ0v) is 12.9. The number of nitrogens with zero attached hydrogens (tertiary/aromatic N) is 3. The average molecular weight is 325 g/mol. The van der Waals surface area contributed by atoms with Gasteiger partial charge >= 0.3 is 6.03 Å². The summed E-state index contributed by atoms with van der Waals surface area (Å²) in [5.74, 6) is 1.03. The van der Waals surface area contributed by atoms with E-state index >= 15 is 0 Å². The molecular weight excluding hydrogens is 310 g/mol. The van der Waals surface area contributed by atoms with Gasteiger partial charge in [0.05, 0.1) is 7.11 Å². The molecule has 0 spiro atoms. The van der Waals surface area contributed by atoms with Crippen LogP contribution in [0.1, 0.15) is 5.56 Å². The maximum absolute atomic E-state index is 11.9. The molecule has 0 bridgehead atoms. The highest BCUT2D eigenvalue weighted by atomic mass is 16.5. The molecule has 8 heteroatoms. The molecule has 1 aromatic carbocycles. The van der Waals surface area contributed by atoms with Crippen molar-refractivity contribution in [3.05, 3.63) is 54.6 Å². The predicted octanol–water partition coefficient (Wildman–Crippen LogP) is 2.46. The molecule has 8 nitrogen and oxygen atoms in total. The number of ether oxygens (including phenoxy) is 1. The van der Waals surface area contributed by atoms with Crippen molar-refractivity contribution in [3.8, 4) is 17.3 Å². The van der Waals surface area contributed by atoms with Crippen LogP contribution in [0.3, 0.4) is 0 Å². The molecule has 2 amide bonds. The summed E-state index contributed by atoms with van der Waals surface area (Å²) < 4.78 is 9.68. The highest BCUT2D eigenvalue weighted by Crippen LogP contribution is 2.17. The third kappa shape index (κ3) is 3.86. The Morgan fingerprint density at radius 3 is 2.62 bits per heavy atom. The Hall–Kier alpha value is -3.42. The molecule has 0 aliphatic rings. The number of amides is 2. The number of benzene rings is 1. The molecule has 24 heavy (non-hydrogen) atoms. The van der Waals surface area contributed by atoms with Crippen molar-refractivity contribution in [1.82, 2.24) is 20.4 Å². The monoisotopic (exact) mass is 325 g/mol. The molecule has 3 aromatic rings. The average Bonchev–Trinajstić information content (AvgIpc) is 3.16. The van der Waals surface area contributed by atoms with Crippen molar-refractivity contribution in [3.63, 3.8) is 0 Å². The zero-order valence-electron chi connectivity index (χ0n) is 12.9. The molecule has 0 fully saturated rings. The highest BCUT2D eigenvalue weighted by Gasteiger charge is 2.05. The maximum atomic E-state index is 11.9. The Morgan fingerprint density at radius 2 is 2.00 bits per heavy atom. The topological polar surface area (TPSA) is 102 Å². The third-order valence-electron chi connectivity index (χ3n) is 3.22. The second kappa shape index (κ2) is 7.23. The van der Waals surface area contributed by atoms with Crippen molar-refractivity contribution >= 4 is 11.7 Å². The van der Waals surface area contributed by atoms with E-state index in [-0.39, 0.29) is 6.03 Å². The lowest BCUT2D eigenvalue weighted by Gasteiger charge is -2.08. The number of pyridine rings is 1. The normalized spacial score (nSPS) is 10.2. The van der Waals surface area contributed by atoms with Gasteiger partial charge in [0.25, 0.3) is 0 Å². The molecule has 2 N–H and O–H groups in total. The number of hydrogen-bond donors (Lipinski definition) is 2. The minimum atomic E-state index is -0.307. The van der Waals surface area contributed by atoms with Crippen LogP contribution in [0, 0.1) is 0 Å². The van der Waals surface area contributed by atoms with Crippen molar-refractivity contribution in [2.45, 2.75) is 6.54 Å². The summed E-state index contributed by atoms with van der Waals surface area (Å²) in [5.41, 5.74) is 2.34. The van der Waals surface area contributed by atoms with Crippen molar-refractivity contribution in [1.29, 1.82) is 0 Å². The van der Waals surface area contributed by atoms with Gasteiger partial charge in [-0.25, -0.2) is 9.78 Å². The van der Waals surface area contributed by atoms with E-state index in [1.54, 1.807) is 43.6 Å². The molecular formula is C16H15N5O3. The second-order valence-electron chi connectivity index (χ2n) is 4.85. The van der Waals surface area contributed by atoms with E-state index in [9.17, 15) is 4.79 Å². The summed E-state index contributed by atoms with van der Waals surface area (Å²) in [5, 5.41) is 9.26. The van der Waals surface area contributed by atoms with Gasteiger partial charge in [-0.05, 0) is 29.8 Å². The fourth-order valence-electron chi connectivity index (χ4n) is 1.99. The van der Waals surface area contributed by atoms with Gasteiger partial charge in [-0.3, -0.25) is 0 Å². The fourth-order valence-corrected chi connectivity index (χ4v) is 1.99. The number of aromatic nitrogens is 3. The number of carbonyl (C=O) groups is 1. The van der Waals surface area contributed by atoms with Gasteiger partial charge in [-0.1, -0.05) is 11.2 Å². The lowest BCUT2D eigenvalue weighted by molar-refractivity contribution is 0.251. The Labute approximate surface area is 137 Å². The maximum Gasteiger partial charge on any atom is 0.319 e. The summed E-state index contributed by atoms with van der Waals surface area (Å²) in [6.07, 6.45) is 2.92. The molecule has 0 atom stereocenters. The van der Waals surface area contributed by atoms with Crippen LogP contribution in [0.25, 0.3) is 11.4 Å². The van der Waals surface area contributed by atoms with E-state index in [4.69, 9.17) is 9.26 Å². The molecule has 0 saturated carbocycles. The van der Waals surface area contributed by atoms with E-state index < -0.39 is 0 Å². The van der Waals surface area contributed by atoms with Gasteiger partial charge in [-0.2, -0.15) is 4.98 Å². The van der Waals surface area contributed by atoms with Crippen LogP contribution in [0.15, 0.2) is 53.5 Å². The predicted molar refractivity (Wildman–Crippen MR) is 86.4 cm³/mol. The summed E-state index contributed by atoms with van der Waals surface area (Å²) in [4.78, 5) is 20.0. The van der Waals surface area contributed by atoms with Gasteiger partial charge in [-0.15, -0.1) is 0 Å². The van der Waals surface area contributed by atoms with E-state index in [1.165, 1.54) is 6.39 Å². The Kier molecular flexibility index (Phi) is 4.66. The summed E-state index contributed by atoms with van der Waals surface area (Å²) in [6, 6.07) is 10.4. The van der Waals surface area contributed by atoms with Gasteiger partial charge < -0.3 is 19.9 Å². The van der Waals surface area contributed by atoms with Crippen LogP contribution in [0.5, 0.6) is 5.88 Å². The molecule has 2 aromatic heterocycles. The van der Waals surface area contributed by atoms with Crippen LogP contribution in [0.4, 0.5) is 10.5 Å². The minimum Gasteiger partial charge on any atom is -0.481 e. The highest BCUT2D eigenvalue weighted by molar-refractivity contribution is 5.89. The first-order valence-electron chi connectivity index (χ1n) is 7.15. The summed E-state index contributed by atoms with van der Waals surface area (Å²) >= 11 is 0. The van der Waals surface area contributed by atoms with Gasteiger partial charge in [0, 0.05) is 30.1 Å². The van der Waals surface area contributed by atoms with E-state index in [0.717, 1.165) is 11.1 Å². The number of hydrogen-bond acceptors (Lipinski definition) is 6. The fraction of sp³-hybridized carbons (Fsp3) is 0.125. The Morgan fingerprint density at radius 1 is 1.17 bits per heavy atom. The first kappa shape index (κ1) is 15.5. The smallest absolute Gasteiger partial charge is 0.319 e. The molecule has 0 saturated heterocycles. The van der Waals surface area contributed by atoms with E-state index in [1.807, 2.05) is 6.07 Å². The Balaban J connectivity index is 1.52. The molecule has 0 aliphatic carbocycles. The molecule has 0 aliphatic heterocycles. The third-order valence-corrected chi connectivity index (χ3v) is 3.22. The number of nitrogens with one attached hydrogen (secondary N) is 2. The first-order chi connectivity index (χ1) is 11.7. The lowest BCUT2D eigenvalue weighted by Crippen LogP contribution is -2.28. The minimum absolute atomic E-state index is 0.307. The zero-order chi connectivity index (χ0) is 16.8. The number of rotatable bonds is 5. The molecule has 0 radical (unpaired) electrons. The number of carbonyl (C=O) groups excluding carboxylic acids is 1. The molecule has 3 rings (SSSR count). The molecule has 2 heterocycles. The quantitative estimate of drug-likeness (QED) is 0.747. The van der Waals surface area contributed by atoms with Gasteiger partial charge in [0.1, 0.15) is 0 Å². The number of urea groups is 1. The molecule has 122 valence electrons. The SMILES string of the molecule is COc1ccc(CNC(=O)Nc2ccc(-c3ncon3)cc2)cn1. The van der Waals surface area contributed by atoms with Crippen molar-refractivity contribution < 1.29 is 14.1 Å². The Bertz CT molecular complexity index is 786. The van der Waals surface area contributed by atoms with Crippen LogP contribution in [-0.2, 0) is 6.54 Å². The summed E-state index contributed by atoms with van der Waals surface area (Å²) in [6.45, 7) is 0.365. The first-order valence-corrected chi connectivity index (χ1v) is 7.15. The van der Waals surface area contributed by atoms with Crippen molar-refractivity contribution in [2.24, 2.45) is 0 Å². The lowest BCUT2D eigenvalue weighted by atomic mass is 10.2. The van der Waals surface area contributed by atoms with Crippen molar-refractivity contribution in [2.75, 3.05) is 12.4 Å². The van der Waals surface area contributed by atoms with Crippen LogP contribution in [-0.4, -0.2) is 28.3 Å². The number of anilines is 1. The summed E-state index contributed by atoms with van der Waals surface area (Å²) in [7, 11) is 1.55. The van der Waals surface area contributed by atoms with Gasteiger partial charge in [0.2, 0.25) is 18.1 Å². The largest absolute Gasteiger partial charge is 0.481 e. The standard InChI is InChI=1S/C16H15N5O3/c1-23-14-7-2-11(8-17-14)9-18-16(22)20-13-5-3-12(4-6-13)15-19-10-24-21-15/h2-8,10H,9H2,1H3,(H2,18,20,22). The van der Waals surface area contributed by atoms with Crippen LogP contribution in [0.2, 0.25) is 0 Å². The molecule has 0 unspecified atom stereocenters. The van der Waals surface area contributed by atoms with E-state index in [0.29, 0.717) is 23.9 Å². The van der Waals surface area contributed by atoms with Crippen LogP contribution < -0.4 is 15.4 Å². The number of methoxy groups -OCH3 is 1.